The van der Waals surface area contributed by atoms with Gasteiger partial charge < -0.3 is 5.73 Å². The molecule has 0 spiro atoms. The van der Waals surface area contributed by atoms with Gasteiger partial charge in [0.2, 0.25) is 0 Å². The van der Waals surface area contributed by atoms with Crippen LogP contribution in [0.3, 0.4) is 0 Å². The van der Waals surface area contributed by atoms with Crippen LogP contribution in [0.4, 0.5) is 16.2 Å². The predicted molar refractivity (Wildman–Crippen MR) is 154 cm³/mol. The Hall–Kier alpha value is -4.68. The number of aryl methyl sites for hydroxylation is 2. The maximum absolute atomic E-state index is 13.3. The predicted octanol–water partition coefficient (Wildman–Crippen LogP) is 4.31. The number of urea groups is 1. The van der Waals surface area contributed by atoms with E-state index in [2.05, 4.69) is 20.0 Å². The second-order valence-electron chi connectivity index (χ2n) is 9.19. The zero-order chi connectivity index (χ0) is 28.7. The van der Waals surface area contributed by atoms with Gasteiger partial charge in [0, 0.05) is 11.1 Å². The molecule has 0 aliphatic heterocycles. The SMILES string of the molecule is Cc1ccccc1NS(=O)(=O)c1ccc2c(c1)C(=NNC(N)=O)c1cc(S(=O)(=O)Nc3ccccc3C)ccc1-2. The number of hydrogen-bond acceptors (Lipinski definition) is 6. The minimum absolute atomic E-state index is 0.0388. The van der Waals surface area contributed by atoms with Crippen LogP contribution in [-0.2, 0) is 20.0 Å². The molecule has 204 valence electrons. The lowest BCUT2D eigenvalue weighted by atomic mass is 10.1. The lowest BCUT2D eigenvalue weighted by Crippen LogP contribution is -2.26. The van der Waals surface area contributed by atoms with Crippen LogP contribution in [0.2, 0.25) is 0 Å². The van der Waals surface area contributed by atoms with E-state index in [0.29, 0.717) is 33.6 Å². The normalized spacial score (nSPS) is 12.3. The Morgan fingerprint density at radius 1 is 0.650 bits per heavy atom. The smallest absolute Gasteiger partial charge is 0.332 e. The fourth-order valence-corrected chi connectivity index (χ4v) is 6.71. The number of nitrogens with zero attached hydrogens (tertiary/aromatic N) is 1. The van der Waals surface area contributed by atoms with E-state index in [-0.39, 0.29) is 15.5 Å². The Bertz CT molecular complexity index is 1790. The number of rotatable bonds is 7. The van der Waals surface area contributed by atoms with Crippen LogP contribution in [0.25, 0.3) is 11.1 Å². The number of benzene rings is 4. The van der Waals surface area contributed by atoms with Crippen LogP contribution in [0.5, 0.6) is 0 Å². The molecule has 0 atom stereocenters. The molecule has 5 N–H and O–H groups in total. The van der Waals surface area contributed by atoms with Gasteiger partial charge in [0.1, 0.15) is 0 Å². The molecule has 0 saturated heterocycles. The summed E-state index contributed by atoms with van der Waals surface area (Å²) in [6.45, 7) is 3.58. The summed E-state index contributed by atoms with van der Waals surface area (Å²) >= 11 is 0. The van der Waals surface area contributed by atoms with E-state index >= 15 is 0 Å². The summed E-state index contributed by atoms with van der Waals surface area (Å²) in [5.41, 5.74) is 12.0. The summed E-state index contributed by atoms with van der Waals surface area (Å²) < 4.78 is 58.2. The van der Waals surface area contributed by atoms with Crippen LogP contribution in [-0.4, -0.2) is 28.6 Å². The monoisotopic (exact) mass is 575 g/mol. The van der Waals surface area contributed by atoms with Gasteiger partial charge >= 0.3 is 6.03 Å². The minimum atomic E-state index is -3.99. The van der Waals surface area contributed by atoms with Crippen molar-refractivity contribution in [2.75, 3.05) is 9.44 Å². The number of fused-ring (bicyclic) bond motifs is 3. The number of carbonyl (C=O) groups excluding carboxylic acids is 1. The summed E-state index contributed by atoms with van der Waals surface area (Å²) in [5, 5.41) is 4.11. The second-order valence-corrected chi connectivity index (χ2v) is 12.6. The van der Waals surface area contributed by atoms with Crippen molar-refractivity contribution in [2.45, 2.75) is 23.6 Å². The van der Waals surface area contributed by atoms with Gasteiger partial charge in [0.05, 0.1) is 26.9 Å². The highest BCUT2D eigenvalue weighted by atomic mass is 32.2. The summed E-state index contributed by atoms with van der Waals surface area (Å²) in [5.74, 6) is 0. The number of carbonyl (C=O) groups is 1. The molecule has 0 unspecified atom stereocenters. The number of hydrogen-bond donors (Lipinski definition) is 4. The molecule has 0 bridgehead atoms. The van der Waals surface area contributed by atoms with Gasteiger partial charge in [0.25, 0.3) is 20.0 Å². The largest absolute Gasteiger partial charge is 0.350 e. The zero-order valence-corrected chi connectivity index (χ0v) is 23.1. The quantitative estimate of drug-likeness (QED) is 0.213. The molecule has 12 heteroatoms. The fraction of sp³-hybridized carbons (Fsp3) is 0.0714. The number of para-hydroxylation sites is 2. The highest BCUT2D eigenvalue weighted by Gasteiger charge is 2.30. The zero-order valence-electron chi connectivity index (χ0n) is 21.5. The van der Waals surface area contributed by atoms with Crippen molar-refractivity contribution in [1.29, 1.82) is 0 Å². The first-order valence-corrected chi connectivity index (χ1v) is 15.0. The molecule has 1 aliphatic carbocycles. The molecule has 1 aliphatic rings. The number of nitrogens with two attached hydrogens (primary N) is 1. The van der Waals surface area contributed by atoms with Crippen molar-refractivity contribution in [1.82, 2.24) is 5.43 Å². The van der Waals surface area contributed by atoms with Crippen molar-refractivity contribution in [3.05, 3.63) is 107 Å². The molecule has 0 heterocycles. The van der Waals surface area contributed by atoms with E-state index in [1.807, 2.05) is 0 Å². The molecule has 40 heavy (non-hydrogen) atoms. The van der Waals surface area contributed by atoms with E-state index in [0.717, 1.165) is 11.1 Å². The maximum Gasteiger partial charge on any atom is 0.332 e. The maximum atomic E-state index is 13.3. The van der Waals surface area contributed by atoms with Crippen molar-refractivity contribution < 1.29 is 21.6 Å². The third kappa shape index (κ3) is 5.14. The third-order valence-electron chi connectivity index (χ3n) is 6.46. The van der Waals surface area contributed by atoms with Gasteiger partial charge in [-0.25, -0.2) is 27.1 Å². The molecule has 0 fully saturated rings. The van der Waals surface area contributed by atoms with Crippen LogP contribution in [0, 0.1) is 13.8 Å². The topological polar surface area (TPSA) is 160 Å². The summed E-state index contributed by atoms with van der Waals surface area (Å²) in [4.78, 5) is 11.4. The Kier molecular flexibility index (Phi) is 6.82. The van der Waals surface area contributed by atoms with Crippen LogP contribution >= 0.6 is 0 Å². The van der Waals surface area contributed by atoms with Gasteiger partial charge in [-0.2, -0.15) is 5.10 Å². The number of nitrogens with one attached hydrogen (secondary N) is 3. The molecule has 10 nitrogen and oxygen atoms in total. The first-order chi connectivity index (χ1) is 19.0. The molecule has 5 rings (SSSR count). The number of primary amides is 1. The lowest BCUT2D eigenvalue weighted by molar-refractivity contribution is 0.249. The van der Waals surface area contributed by atoms with Crippen LogP contribution in [0.1, 0.15) is 22.3 Å². The minimum Gasteiger partial charge on any atom is -0.350 e. The Morgan fingerprint density at radius 2 is 1.07 bits per heavy atom. The van der Waals surface area contributed by atoms with E-state index in [1.54, 1.807) is 74.5 Å². The average Bonchev–Trinajstić information content (AvgIpc) is 3.22. The van der Waals surface area contributed by atoms with Crippen molar-refractivity contribution in [3.8, 4) is 11.1 Å². The van der Waals surface area contributed by atoms with E-state index in [4.69, 9.17) is 5.73 Å². The van der Waals surface area contributed by atoms with Crippen molar-refractivity contribution >= 4 is 43.2 Å². The molecule has 2 amide bonds. The molecule has 4 aromatic rings. The van der Waals surface area contributed by atoms with Crippen LogP contribution < -0.4 is 20.6 Å². The Labute approximate surface area is 232 Å². The molecule has 4 aromatic carbocycles. The first kappa shape index (κ1) is 26.9. The van der Waals surface area contributed by atoms with Crippen molar-refractivity contribution in [2.24, 2.45) is 10.8 Å². The van der Waals surface area contributed by atoms with Gasteiger partial charge in [-0.05, 0) is 72.5 Å². The Morgan fingerprint density at radius 3 is 1.48 bits per heavy atom. The summed E-state index contributed by atoms with van der Waals surface area (Å²) in [6, 6.07) is 22.0. The Balaban J connectivity index is 1.57. The first-order valence-electron chi connectivity index (χ1n) is 12.1. The van der Waals surface area contributed by atoms with E-state index < -0.39 is 26.1 Å². The molecule has 0 saturated carbocycles. The third-order valence-corrected chi connectivity index (χ3v) is 9.19. The molecule has 0 radical (unpaired) electrons. The van der Waals surface area contributed by atoms with Gasteiger partial charge in [-0.3, -0.25) is 9.44 Å². The standard InChI is InChI=1S/C28H25N5O5S2/c1-17-7-3-5-9-25(17)32-39(35,36)19-11-13-21-22-14-12-20(40(37,38)33-26-10-6-4-8-18(26)2)16-24(22)27(23(21)15-19)30-31-28(29)34/h3-16,32-33H,1-2H3,(H3,29,31,34). The van der Waals surface area contributed by atoms with Gasteiger partial charge in [0.15, 0.2) is 0 Å². The highest BCUT2D eigenvalue weighted by molar-refractivity contribution is 7.93. The van der Waals surface area contributed by atoms with Gasteiger partial charge in [-0.15, -0.1) is 0 Å². The van der Waals surface area contributed by atoms with Gasteiger partial charge in [-0.1, -0.05) is 48.5 Å². The van der Waals surface area contributed by atoms with E-state index in [1.165, 1.54) is 24.3 Å². The number of sulfonamides is 2. The molecular weight excluding hydrogens is 550 g/mol. The van der Waals surface area contributed by atoms with E-state index in [9.17, 15) is 21.6 Å². The number of anilines is 2. The number of amides is 2. The average molecular weight is 576 g/mol. The van der Waals surface area contributed by atoms with Crippen molar-refractivity contribution in [3.63, 3.8) is 0 Å². The molecular formula is C28H25N5O5S2. The fourth-order valence-electron chi connectivity index (χ4n) is 4.40. The highest BCUT2D eigenvalue weighted by Crippen LogP contribution is 2.39. The second kappa shape index (κ2) is 10.1. The van der Waals surface area contributed by atoms with Crippen LogP contribution in [0.15, 0.2) is 99.8 Å². The summed E-state index contributed by atoms with van der Waals surface area (Å²) in [7, 11) is -7.98. The summed E-state index contributed by atoms with van der Waals surface area (Å²) in [6.07, 6.45) is 0. The molecule has 0 aromatic heterocycles. The number of hydrazone groups is 1. The lowest BCUT2D eigenvalue weighted by Gasteiger charge is -2.11.